The molecule has 0 aliphatic carbocycles. The number of ether oxygens (including phenoxy) is 2. The van der Waals surface area contributed by atoms with Gasteiger partial charge in [-0.25, -0.2) is 0 Å². The van der Waals surface area contributed by atoms with Gasteiger partial charge in [0, 0.05) is 25.7 Å². The number of carbonyl (C=O) groups excluding carboxylic acids is 3. The van der Waals surface area contributed by atoms with E-state index in [4.69, 9.17) is 9.47 Å². The first kappa shape index (κ1) is 23.7. The number of nitrogens with zero attached hydrogens (tertiary/aromatic N) is 2. The smallest absolute Gasteiger partial charge is 0.312 e. The molecule has 0 aromatic heterocycles. The first-order valence-electron chi connectivity index (χ1n) is 11.4. The standard InChI is InChI=1S/C23H36N2O6/c1-6-12-24(15(3)4)20(28)18-23-11-10-22(5,31-23)17(21(29)30-7-2)16(23)19(27)25(18)13-8-9-14-26/h6,15-18,26H,1,7-14H2,2-5H3/t16-,17-,18?,22+,23?/m0/s1. The first-order valence-corrected chi connectivity index (χ1v) is 11.4. The Labute approximate surface area is 184 Å². The molecule has 31 heavy (non-hydrogen) atoms. The van der Waals surface area contributed by atoms with Gasteiger partial charge < -0.3 is 24.4 Å². The molecule has 1 N–H and O–H groups in total. The Bertz CT molecular complexity index is 740. The fourth-order valence-electron chi connectivity index (χ4n) is 5.78. The Hall–Kier alpha value is -1.93. The summed E-state index contributed by atoms with van der Waals surface area (Å²) in [6.45, 7) is 12.2. The maximum Gasteiger partial charge on any atom is 0.312 e. The van der Waals surface area contributed by atoms with E-state index in [1.807, 2.05) is 20.8 Å². The number of rotatable bonds is 10. The molecule has 3 fully saturated rings. The van der Waals surface area contributed by atoms with E-state index in [2.05, 4.69) is 6.58 Å². The lowest BCUT2D eigenvalue weighted by molar-refractivity contribution is -0.160. The Kier molecular flexibility index (Phi) is 6.81. The van der Waals surface area contributed by atoms with E-state index in [1.165, 1.54) is 0 Å². The molecule has 174 valence electrons. The van der Waals surface area contributed by atoms with Gasteiger partial charge in [-0.1, -0.05) is 6.08 Å². The molecule has 8 nitrogen and oxygen atoms in total. The number of likely N-dealkylation sites (tertiary alicyclic amines) is 1. The monoisotopic (exact) mass is 436 g/mol. The van der Waals surface area contributed by atoms with Crippen LogP contribution in [0.4, 0.5) is 0 Å². The van der Waals surface area contributed by atoms with E-state index >= 15 is 0 Å². The highest BCUT2D eigenvalue weighted by Crippen LogP contribution is 2.63. The van der Waals surface area contributed by atoms with Gasteiger partial charge in [0.05, 0.1) is 18.1 Å². The van der Waals surface area contributed by atoms with Crippen molar-refractivity contribution in [2.75, 3.05) is 26.3 Å². The van der Waals surface area contributed by atoms with Gasteiger partial charge in [0.15, 0.2) is 0 Å². The molecular weight excluding hydrogens is 400 g/mol. The minimum atomic E-state index is -1.03. The van der Waals surface area contributed by atoms with Crippen LogP contribution in [0, 0.1) is 11.8 Å². The van der Waals surface area contributed by atoms with Crippen molar-refractivity contribution < 1.29 is 29.0 Å². The normalized spacial score (nSPS) is 33.7. The summed E-state index contributed by atoms with van der Waals surface area (Å²) in [7, 11) is 0. The van der Waals surface area contributed by atoms with Crippen molar-refractivity contribution in [1.29, 1.82) is 0 Å². The number of aliphatic hydroxyl groups excluding tert-OH is 1. The highest BCUT2D eigenvalue weighted by molar-refractivity contribution is 5.98. The molecule has 3 saturated heterocycles. The van der Waals surface area contributed by atoms with Crippen LogP contribution in [0.25, 0.3) is 0 Å². The zero-order chi connectivity index (χ0) is 23.0. The highest BCUT2D eigenvalue weighted by Gasteiger charge is 2.78. The van der Waals surface area contributed by atoms with Crippen LogP contribution in [0.1, 0.15) is 53.4 Å². The number of unbranched alkanes of at least 4 members (excludes halogenated alkanes) is 1. The fourth-order valence-corrected chi connectivity index (χ4v) is 5.78. The van der Waals surface area contributed by atoms with Crippen molar-refractivity contribution in [3.63, 3.8) is 0 Å². The van der Waals surface area contributed by atoms with Gasteiger partial charge in [0.2, 0.25) is 11.8 Å². The van der Waals surface area contributed by atoms with E-state index in [9.17, 15) is 19.5 Å². The third kappa shape index (κ3) is 3.67. The van der Waals surface area contributed by atoms with Gasteiger partial charge >= 0.3 is 5.97 Å². The van der Waals surface area contributed by atoms with Gasteiger partial charge in [-0.3, -0.25) is 14.4 Å². The molecule has 0 saturated carbocycles. The van der Waals surface area contributed by atoms with E-state index in [0.717, 1.165) is 0 Å². The predicted octanol–water partition coefficient (Wildman–Crippen LogP) is 1.51. The summed E-state index contributed by atoms with van der Waals surface area (Å²) in [5, 5.41) is 9.21. The van der Waals surface area contributed by atoms with Gasteiger partial charge in [-0.15, -0.1) is 6.58 Å². The Morgan fingerprint density at radius 3 is 2.68 bits per heavy atom. The molecule has 1 spiro atoms. The average molecular weight is 437 g/mol. The van der Waals surface area contributed by atoms with Crippen molar-refractivity contribution >= 4 is 17.8 Å². The maximum absolute atomic E-state index is 13.8. The van der Waals surface area contributed by atoms with Crippen LogP contribution in [0.15, 0.2) is 12.7 Å². The lowest BCUT2D eigenvalue weighted by Gasteiger charge is -2.38. The number of esters is 1. The van der Waals surface area contributed by atoms with Crippen molar-refractivity contribution in [1.82, 2.24) is 9.80 Å². The molecular formula is C23H36N2O6. The topological polar surface area (TPSA) is 96.4 Å². The zero-order valence-corrected chi connectivity index (χ0v) is 19.1. The summed E-state index contributed by atoms with van der Waals surface area (Å²) in [6.07, 6.45) is 3.91. The molecule has 8 heteroatoms. The summed E-state index contributed by atoms with van der Waals surface area (Å²) < 4.78 is 11.8. The number of amides is 2. The molecule has 3 aliphatic rings. The highest BCUT2D eigenvalue weighted by atomic mass is 16.6. The number of aliphatic hydroxyl groups is 1. The van der Waals surface area contributed by atoms with Gasteiger partial charge in [-0.05, 0) is 53.4 Å². The zero-order valence-electron chi connectivity index (χ0n) is 19.1. The molecule has 2 amide bonds. The Balaban J connectivity index is 2.04. The molecule has 5 atom stereocenters. The van der Waals surface area contributed by atoms with E-state index in [1.54, 1.807) is 22.8 Å². The summed E-state index contributed by atoms with van der Waals surface area (Å²) >= 11 is 0. The fraction of sp³-hybridized carbons (Fsp3) is 0.783. The summed E-state index contributed by atoms with van der Waals surface area (Å²) in [6, 6.07) is -0.877. The Morgan fingerprint density at radius 2 is 2.10 bits per heavy atom. The van der Waals surface area contributed by atoms with Gasteiger partial charge in [0.25, 0.3) is 0 Å². The molecule has 2 unspecified atom stereocenters. The maximum atomic E-state index is 13.8. The first-order chi connectivity index (χ1) is 14.7. The quantitative estimate of drug-likeness (QED) is 0.317. The number of hydrogen-bond acceptors (Lipinski definition) is 6. The van der Waals surface area contributed by atoms with E-state index in [-0.39, 0.29) is 31.1 Å². The largest absolute Gasteiger partial charge is 0.466 e. The third-order valence-corrected chi connectivity index (χ3v) is 7.09. The lowest BCUT2D eigenvalue weighted by atomic mass is 9.66. The van der Waals surface area contributed by atoms with Crippen molar-refractivity contribution in [2.45, 2.75) is 76.7 Å². The van der Waals surface area contributed by atoms with Crippen LogP contribution in [0.3, 0.4) is 0 Å². The van der Waals surface area contributed by atoms with Crippen LogP contribution in [-0.2, 0) is 23.9 Å². The van der Waals surface area contributed by atoms with Crippen molar-refractivity contribution in [3.05, 3.63) is 12.7 Å². The minimum Gasteiger partial charge on any atom is -0.466 e. The average Bonchev–Trinajstić information content (AvgIpc) is 3.27. The summed E-state index contributed by atoms with van der Waals surface area (Å²) in [4.78, 5) is 43.7. The number of hydrogen-bond donors (Lipinski definition) is 1. The second-order valence-corrected chi connectivity index (χ2v) is 9.31. The molecule has 3 heterocycles. The second-order valence-electron chi connectivity index (χ2n) is 9.31. The van der Waals surface area contributed by atoms with Crippen molar-refractivity contribution in [2.24, 2.45) is 11.8 Å². The predicted molar refractivity (Wildman–Crippen MR) is 114 cm³/mol. The van der Waals surface area contributed by atoms with Gasteiger partial charge in [-0.2, -0.15) is 0 Å². The Morgan fingerprint density at radius 1 is 1.39 bits per heavy atom. The van der Waals surface area contributed by atoms with Crippen LogP contribution >= 0.6 is 0 Å². The van der Waals surface area contributed by atoms with Gasteiger partial charge in [0.1, 0.15) is 17.6 Å². The third-order valence-electron chi connectivity index (χ3n) is 7.09. The van der Waals surface area contributed by atoms with E-state index < -0.39 is 35.0 Å². The molecule has 3 aliphatic heterocycles. The molecule has 0 aromatic rings. The lowest BCUT2D eigenvalue weighted by Crippen LogP contribution is -2.57. The van der Waals surface area contributed by atoms with Crippen LogP contribution in [0.5, 0.6) is 0 Å². The van der Waals surface area contributed by atoms with Crippen LogP contribution in [-0.4, -0.2) is 82.3 Å². The molecule has 0 radical (unpaired) electrons. The second kappa shape index (κ2) is 8.90. The molecule has 2 bridgehead atoms. The SMILES string of the molecule is C=CCN(C(=O)C1N(CCCCO)C(=O)[C@@H]2[C@@H](C(=O)OCC)[C@@]3(C)CCC12O3)C(C)C. The van der Waals surface area contributed by atoms with Crippen LogP contribution in [0.2, 0.25) is 0 Å². The van der Waals surface area contributed by atoms with Crippen LogP contribution < -0.4 is 0 Å². The van der Waals surface area contributed by atoms with Crippen molar-refractivity contribution in [3.8, 4) is 0 Å². The number of carbonyl (C=O) groups is 3. The summed E-state index contributed by atoms with van der Waals surface area (Å²) in [5.74, 6) is -2.28. The summed E-state index contributed by atoms with van der Waals surface area (Å²) in [5.41, 5.74) is -1.85. The minimum absolute atomic E-state index is 0.0177. The van der Waals surface area contributed by atoms with E-state index in [0.29, 0.717) is 38.8 Å². The molecule has 0 aromatic carbocycles. The number of fused-ring (bicyclic) bond motifs is 1. The molecule has 3 rings (SSSR count).